The summed E-state index contributed by atoms with van der Waals surface area (Å²) in [5.74, 6) is 2.02. The molecule has 32 heavy (non-hydrogen) atoms. The van der Waals surface area contributed by atoms with E-state index in [2.05, 4.69) is 30.5 Å². The number of rotatable bonds is 5. The Labute approximate surface area is 185 Å². The zero-order chi connectivity index (χ0) is 22.1. The van der Waals surface area contributed by atoms with E-state index in [4.69, 9.17) is 9.72 Å². The predicted octanol–water partition coefficient (Wildman–Crippen LogP) is 2.60. The summed E-state index contributed by atoms with van der Waals surface area (Å²) in [4.78, 5) is 32.8. The lowest BCUT2D eigenvalue weighted by Crippen LogP contribution is -2.46. The lowest BCUT2D eigenvalue weighted by atomic mass is 9.86. The van der Waals surface area contributed by atoms with Gasteiger partial charge >= 0.3 is 0 Å². The van der Waals surface area contributed by atoms with Crippen molar-refractivity contribution in [2.24, 2.45) is 5.92 Å². The molecule has 2 unspecified atom stereocenters. The van der Waals surface area contributed by atoms with Crippen LogP contribution in [-0.4, -0.2) is 62.3 Å². The van der Waals surface area contributed by atoms with E-state index in [1.54, 1.807) is 18.2 Å². The Morgan fingerprint density at radius 2 is 2.03 bits per heavy atom. The number of nitrogens with one attached hydrogen (secondary N) is 2. The molecule has 1 aliphatic carbocycles. The molecule has 5 rings (SSSR count). The van der Waals surface area contributed by atoms with Crippen molar-refractivity contribution in [3.63, 3.8) is 0 Å². The first kappa shape index (κ1) is 20.5. The number of amides is 1. The van der Waals surface area contributed by atoms with Gasteiger partial charge in [-0.1, -0.05) is 12.8 Å². The van der Waals surface area contributed by atoms with Crippen LogP contribution in [0.5, 0.6) is 0 Å². The van der Waals surface area contributed by atoms with E-state index < -0.39 is 0 Å². The maximum absolute atomic E-state index is 12.8. The molecule has 3 aromatic rings. The topological polar surface area (TPSA) is 122 Å². The maximum Gasteiger partial charge on any atom is 0.247 e. The molecule has 0 saturated heterocycles. The summed E-state index contributed by atoms with van der Waals surface area (Å²) in [5.41, 5.74) is 2.99. The van der Waals surface area contributed by atoms with Crippen LogP contribution in [0.2, 0.25) is 0 Å². The molecule has 0 spiro atoms. The first-order valence-electron chi connectivity index (χ1n) is 10.9. The summed E-state index contributed by atoms with van der Waals surface area (Å²) < 4.78 is 5.71. The molecule has 0 radical (unpaired) electrons. The van der Waals surface area contributed by atoms with Crippen molar-refractivity contribution in [1.82, 2.24) is 30.1 Å². The van der Waals surface area contributed by atoms with Gasteiger partial charge in [0.1, 0.15) is 12.0 Å². The zero-order valence-electron chi connectivity index (χ0n) is 18.2. The van der Waals surface area contributed by atoms with Crippen molar-refractivity contribution in [3.05, 3.63) is 30.4 Å². The molecule has 0 bridgehead atoms. The average molecular weight is 435 g/mol. The van der Waals surface area contributed by atoms with Crippen molar-refractivity contribution in [2.45, 2.75) is 38.7 Å². The van der Waals surface area contributed by atoms with Crippen molar-refractivity contribution < 1.29 is 9.53 Å². The number of nitrogens with zero attached hydrogens (tertiary/aromatic N) is 6. The van der Waals surface area contributed by atoms with Crippen molar-refractivity contribution in [1.29, 1.82) is 0 Å². The molecule has 1 aliphatic heterocycles. The molecule has 1 amide bonds. The van der Waals surface area contributed by atoms with Gasteiger partial charge < -0.3 is 10.1 Å². The molecule has 0 aromatic carbocycles. The smallest absolute Gasteiger partial charge is 0.247 e. The Morgan fingerprint density at radius 1 is 1.16 bits per heavy atom. The van der Waals surface area contributed by atoms with Gasteiger partial charge in [-0.25, -0.2) is 19.9 Å². The molecular formula is C22H26N8O2. The highest BCUT2D eigenvalue weighted by Gasteiger charge is 2.33. The number of aromatic amines is 1. The van der Waals surface area contributed by atoms with Crippen molar-refractivity contribution in [3.8, 4) is 22.8 Å². The highest BCUT2D eigenvalue weighted by atomic mass is 16.5. The Morgan fingerprint density at radius 3 is 2.81 bits per heavy atom. The molecule has 3 aromatic heterocycles. The molecule has 1 saturated carbocycles. The van der Waals surface area contributed by atoms with E-state index in [0.717, 1.165) is 30.5 Å². The summed E-state index contributed by atoms with van der Waals surface area (Å²) >= 11 is 0. The maximum atomic E-state index is 12.8. The van der Waals surface area contributed by atoms with Gasteiger partial charge in [-0.2, -0.15) is 5.10 Å². The second kappa shape index (κ2) is 8.62. The summed E-state index contributed by atoms with van der Waals surface area (Å²) in [6, 6.07) is 3.80. The minimum Gasteiger partial charge on any atom is -0.381 e. The van der Waals surface area contributed by atoms with Gasteiger partial charge in [0.2, 0.25) is 5.91 Å². The number of hydrogen-bond donors (Lipinski definition) is 2. The highest BCUT2D eigenvalue weighted by Crippen LogP contribution is 2.33. The fourth-order valence-corrected chi connectivity index (χ4v) is 4.60. The van der Waals surface area contributed by atoms with E-state index in [9.17, 15) is 4.79 Å². The van der Waals surface area contributed by atoms with Gasteiger partial charge in [0.05, 0.1) is 24.5 Å². The van der Waals surface area contributed by atoms with E-state index in [1.165, 1.54) is 12.7 Å². The standard InChI is InChI=1S/C22H26N8O2/c1-13-15(7-8-16(27-13)20-25-12-26-29-20)17-9-23-21-22(28-17)30(19(31)10-24-21)11-14-5-3-4-6-18(14)32-2/h7-9,12,14,18H,3-6,10-11H2,1-2H3,(H,23,24)(H,25,26,29). The summed E-state index contributed by atoms with van der Waals surface area (Å²) in [7, 11) is 1.76. The van der Waals surface area contributed by atoms with Crippen LogP contribution < -0.4 is 10.2 Å². The third-order valence-corrected chi connectivity index (χ3v) is 6.28. The lowest BCUT2D eigenvalue weighted by molar-refractivity contribution is -0.117. The van der Waals surface area contributed by atoms with Crippen LogP contribution in [0.15, 0.2) is 24.7 Å². The van der Waals surface area contributed by atoms with Gasteiger partial charge in [-0.3, -0.25) is 14.8 Å². The van der Waals surface area contributed by atoms with Crippen LogP contribution in [0.4, 0.5) is 11.6 Å². The third-order valence-electron chi connectivity index (χ3n) is 6.28. The Kier molecular flexibility index (Phi) is 5.52. The number of fused-ring (bicyclic) bond motifs is 1. The Hall–Kier alpha value is -3.40. The number of hydrogen-bond acceptors (Lipinski definition) is 8. The molecule has 2 aliphatic rings. The number of aromatic nitrogens is 6. The number of ether oxygens (including phenoxy) is 1. The normalized spacial score (nSPS) is 20.7. The highest BCUT2D eigenvalue weighted by molar-refractivity contribution is 6.01. The van der Waals surface area contributed by atoms with E-state index in [-0.39, 0.29) is 24.5 Å². The van der Waals surface area contributed by atoms with Crippen LogP contribution in [0.25, 0.3) is 22.8 Å². The molecule has 10 heteroatoms. The monoisotopic (exact) mass is 434 g/mol. The van der Waals surface area contributed by atoms with Crippen LogP contribution in [0, 0.1) is 12.8 Å². The van der Waals surface area contributed by atoms with Gasteiger partial charge in [0, 0.05) is 30.8 Å². The zero-order valence-corrected chi connectivity index (χ0v) is 18.2. The molecular weight excluding hydrogens is 408 g/mol. The molecule has 2 atom stereocenters. The first-order valence-corrected chi connectivity index (χ1v) is 10.9. The van der Waals surface area contributed by atoms with Crippen molar-refractivity contribution in [2.75, 3.05) is 30.4 Å². The SMILES string of the molecule is COC1CCCCC1CN1C(=O)CNc2ncc(-c3ccc(-c4nc[nH]n4)nc3C)nc21. The molecule has 2 N–H and O–H groups in total. The molecule has 166 valence electrons. The quantitative estimate of drug-likeness (QED) is 0.628. The number of H-pyrrole nitrogens is 1. The van der Waals surface area contributed by atoms with Crippen molar-refractivity contribution >= 4 is 17.5 Å². The van der Waals surface area contributed by atoms with Crippen LogP contribution in [0.3, 0.4) is 0 Å². The number of methoxy groups -OCH3 is 1. The van der Waals surface area contributed by atoms with Gasteiger partial charge in [0.25, 0.3) is 0 Å². The fraction of sp³-hybridized carbons (Fsp3) is 0.455. The second-order valence-corrected chi connectivity index (χ2v) is 8.26. The van der Waals surface area contributed by atoms with Gasteiger partial charge in [-0.05, 0) is 31.9 Å². The number of carbonyl (C=O) groups excluding carboxylic acids is 1. The van der Waals surface area contributed by atoms with Crippen LogP contribution in [0.1, 0.15) is 31.4 Å². The molecule has 4 heterocycles. The Bertz CT molecular complexity index is 1120. The minimum absolute atomic E-state index is 0.000761. The largest absolute Gasteiger partial charge is 0.381 e. The van der Waals surface area contributed by atoms with Crippen LogP contribution in [-0.2, 0) is 9.53 Å². The average Bonchev–Trinajstić information content (AvgIpc) is 3.36. The fourth-order valence-electron chi connectivity index (χ4n) is 4.60. The predicted molar refractivity (Wildman–Crippen MR) is 119 cm³/mol. The van der Waals surface area contributed by atoms with Gasteiger partial charge in [-0.15, -0.1) is 0 Å². The summed E-state index contributed by atoms with van der Waals surface area (Å²) in [6.45, 7) is 2.72. The second-order valence-electron chi connectivity index (χ2n) is 8.26. The van der Waals surface area contributed by atoms with E-state index in [0.29, 0.717) is 35.4 Å². The third kappa shape index (κ3) is 3.81. The number of pyridine rings is 1. The summed E-state index contributed by atoms with van der Waals surface area (Å²) in [5, 5.41) is 9.88. The Balaban J connectivity index is 1.47. The van der Waals surface area contributed by atoms with Gasteiger partial charge in [0.15, 0.2) is 17.5 Å². The molecule has 10 nitrogen and oxygen atoms in total. The number of aryl methyl sites for hydroxylation is 1. The summed E-state index contributed by atoms with van der Waals surface area (Å²) in [6.07, 6.45) is 7.81. The van der Waals surface area contributed by atoms with E-state index >= 15 is 0 Å². The molecule has 1 fully saturated rings. The number of anilines is 2. The van der Waals surface area contributed by atoms with E-state index in [1.807, 2.05) is 19.1 Å². The minimum atomic E-state index is -0.000761. The number of carbonyl (C=O) groups is 1. The lowest BCUT2D eigenvalue weighted by Gasteiger charge is -2.36. The van der Waals surface area contributed by atoms with Crippen LogP contribution >= 0.6 is 0 Å². The first-order chi connectivity index (χ1) is 15.6.